The van der Waals surface area contributed by atoms with E-state index in [0.717, 1.165) is 46.8 Å². The molecule has 0 fully saturated rings. The van der Waals surface area contributed by atoms with E-state index in [1.165, 1.54) is 0 Å². The lowest BCUT2D eigenvalue weighted by Crippen LogP contribution is -2.28. The smallest absolute Gasteiger partial charge is 0.142 e. The standard InChI is InChI=1S/C21H25NO2/c1-5-22(6-2)20-16-12-11-15-9-7-8-10-17(15)21(3,23)18(16)13-14-19(20)24-4/h7-14,23H,5-6H2,1-4H3. The van der Waals surface area contributed by atoms with E-state index >= 15 is 0 Å². The Morgan fingerprint density at radius 1 is 1.00 bits per heavy atom. The molecule has 0 aliphatic heterocycles. The molecule has 0 radical (unpaired) electrons. The summed E-state index contributed by atoms with van der Waals surface area (Å²) in [5, 5.41) is 11.4. The summed E-state index contributed by atoms with van der Waals surface area (Å²) >= 11 is 0. The van der Waals surface area contributed by atoms with Gasteiger partial charge in [-0.05, 0) is 43.5 Å². The fraction of sp³-hybridized carbons (Fsp3) is 0.333. The highest BCUT2D eigenvalue weighted by atomic mass is 16.5. The Morgan fingerprint density at radius 2 is 1.71 bits per heavy atom. The number of aliphatic hydroxyl groups is 1. The van der Waals surface area contributed by atoms with E-state index in [1.54, 1.807) is 7.11 Å². The van der Waals surface area contributed by atoms with Gasteiger partial charge in [0.1, 0.15) is 11.4 Å². The zero-order chi connectivity index (χ0) is 17.3. The van der Waals surface area contributed by atoms with Gasteiger partial charge in [-0.1, -0.05) is 42.5 Å². The molecule has 0 spiro atoms. The Balaban J connectivity index is 2.32. The second kappa shape index (κ2) is 6.33. The van der Waals surface area contributed by atoms with Crippen LogP contribution in [0.15, 0.2) is 36.4 Å². The van der Waals surface area contributed by atoms with Gasteiger partial charge in [-0.15, -0.1) is 0 Å². The molecule has 0 amide bonds. The van der Waals surface area contributed by atoms with Crippen molar-refractivity contribution in [2.75, 3.05) is 25.1 Å². The molecule has 0 heterocycles. The molecule has 0 aromatic heterocycles. The summed E-state index contributed by atoms with van der Waals surface area (Å²) in [7, 11) is 1.70. The summed E-state index contributed by atoms with van der Waals surface area (Å²) in [5.74, 6) is 0.837. The molecular formula is C21H25NO2. The van der Waals surface area contributed by atoms with Gasteiger partial charge in [0.15, 0.2) is 0 Å². The van der Waals surface area contributed by atoms with Gasteiger partial charge in [0.05, 0.1) is 12.8 Å². The third-order valence-corrected chi connectivity index (χ3v) is 4.92. The second-order valence-corrected chi connectivity index (χ2v) is 6.24. The van der Waals surface area contributed by atoms with Crippen molar-refractivity contribution in [2.45, 2.75) is 26.4 Å². The SMILES string of the molecule is CCN(CC)c1c(OC)ccc2c1C=Cc1ccccc1C2(C)O. The van der Waals surface area contributed by atoms with Crippen molar-refractivity contribution in [1.82, 2.24) is 0 Å². The van der Waals surface area contributed by atoms with Crippen molar-refractivity contribution in [3.63, 3.8) is 0 Å². The van der Waals surface area contributed by atoms with Gasteiger partial charge < -0.3 is 14.7 Å². The number of nitrogens with zero attached hydrogens (tertiary/aromatic N) is 1. The highest BCUT2D eigenvalue weighted by Gasteiger charge is 2.33. The third-order valence-electron chi connectivity index (χ3n) is 4.92. The highest BCUT2D eigenvalue weighted by molar-refractivity contribution is 5.86. The largest absolute Gasteiger partial charge is 0.495 e. The Hall–Kier alpha value is -2.26. The summed E-state index contributed by atoms with van der Waals surface area (Å²) in [6.45, 7) is 7.90. The van der Waals surface area contributed by atoms with Crippen LogP contribution in [0.2, 0.25) is 0 Å². The van der Waals surface area contributed by atoms with Crippen LogP contribution in [-0.4, -0.2) is 25.3 Å². The molecule has 1 N–H and O–H groups in total. The number of rotatable bonds is 4. The van der Waals surface area contributed by atoms with Crippen LogP contribution in [0, 0.1) is 0 Å². The molecule has 0 bridgehead atoms. The molecule has 2 aromatic rings. The summed E-state index contributed by atoms with van der Waals surface area (Å²) in [5.41, 5.74) is 3.90. The molecule has 0 saturated carbocycles. The first-order valence-electron chi connectivity index (χ1n) is 8.50. The molecule has 1 aliphatic rings. The summed E-state index contributed by atoms with van der Waals surface area (Å²) in [4.78, 5) is 2.27. The zero-order valence-electron chi connectivity index (χ0n) is 14.8. The third kappa shape index (κ3) is 2.49. The predicted octanol–water partition coefficient (Wildman–Crippen LogP) is 4.28. The molecule has 3 rings (SSSR count). The number of fused-ring (bicyclic) bond motifs is 2. The minimum absolute atomic E-state index is 0.837. The van der Waals surface area contributed by atoms with Crippen LogP contribution >= 0.6 is 0 Å². The van der Waals surface area contributed by atoms with Crippen molar-refractivity contribution in [1.29, 1.82) is 0 Å². The monoisotopic (exact) mass is 323 g/mol. The Morgan fingerprint density at radius 3 is 2.38 bits per heavy atom. The number of ether oxygens (including phenoxy) is 1. The molecule has 2 aromatic carbocycles. The maximum Gasteiger partial charge on any atom is 0.142 e. The van der Waals surface area contributed by atoms with Gasteiger partial charge in [-0.2, -0.15) is 0 Å². The normalized spacial score (nSPS) is 18.5. The van der Waals surface area contributed by atoms with Crippen LogP contribution in [0.1, 0.15) is 43.0 Å². The average Bonchev–Trinajstić information content (AvgIpc) is 2.71. The van der Waals surface area contributed by atoms with Gasteiger partial charge in [0, 0.05) is 18.7 Å². The van der Waals surface area contributed by atoms with Gasteiger partial charge in [0.2, 0.25) is 0 Å². The Kier molecular flexibility index (Phi) is 4.37. The van der Waals surface area contributed by atoms with Crippen LogP contribution in [-0.2, 0) is 5.60 Å². The van der Waals surface area contributed by atoms with Crippen LogP contribution in [0.25, 0.3) is 12.2 Å². The number of hydrogen-bond acceptors (Lipinski definition) is 3. The van der Waals surface area contributed by atoms with Gasteiger partial charge >= 0.3 is 0 Å². The molecule has 24 heavy (non-hydrogen) atoms. The summed E-state index contributed by atoms with van der Waals surface area (Å²) in [6.07, 6.45) is 4.19. The van der Waals surface area contributed by atoms with Crippen molar-refractivity contribution >= 4 is 17.8 Å². The van der Waals surface area contributed by atoms with E-state index in [-0.39, 0.29) is 0 Å². The van der Waals surface area contributed by atoms with Gasteiger partial charge in [0.25, 0.3) is 0 Å². The average molecular weight is 323 g/mol. The van der Waals surface area contributed by atoms with E-state index < -0.39 is 5.60 Å². The number of methoxy groups -OCH3 is 1. The molecule has 3 heteroatoms. The van der Waals surface area contributed by atoms with E-state index in [0.29, 0.717) is 0 Å². The van der Waals surface area contributed by atoms with Crippen molar-refractivity contribution in [3.8, 4) is 5.75 Å². The van der Waals surface area contributed by atoms with Crippen LogP contribution < -0.4 is 9.64 Å². The van der Waals surface area contributed by atoms with Crippen molar-refractivity contribution in [2.24, 2.45) is 0 Å². The zero-order valence-corrected chi connectivity index (χ0v) is 14.8. The van der Waals surface area contributed by atoms with Crippen molar-refractivity contribution in [3.05, 3.63) is 58.7 Å². The quantitative estimate of drug-likeness (QED) is 0.911. The highest BCUT2D eigenvalue weighted by Crippen LogP contribution is 2.44. The van der Waals surface area contributed by atoms with E-state index in [4.69, 9.17) is 4.74 Å². The maximum absolute atomic E-state index is 11.4. The first-order chi connectivity index (χ1) is 11.5. The Labute approximate surface area is 144 Å². The minimum atomic E-state index is -1.05. The molecule has 1 aliphatic carbocycles. The molecule has 1 atom stereocenters. The minimum Gasteiger partial charge on any atom is -0.495 e. The van der Waals surface area contributed by atoms with E-state index in [9.17, 15) is 5.11 Å². The van der Waals surface area contributed by atoms with Crippen LogP contribution in [0.4, 0.5) is 5.69 Å². The first-order valence-corrected chi connectivity index (χ1v) is 8.50. The second-order valence-electron chi connectivity index (χ2n) is 6.24. The fourth-order valence-electron chi connectivity index (χ4n) is 3.62. The molecule has 3 nitrogen and oxygen atoms in total. The van der Waals surface area contributed by atoms with Crippen LogP contribution in [0.5, 0.6) is 5.75 Å². The summed E-state index contributed by atoms with van der Waals surface area (Å²) in [6, 6.07) is 12.0. The molecule has 126 valence electrons. The Bertz CT molecular complexity index is 773. The number of hydrogen-bond donors (Lipinski definition) is 1. The number of benzene rings is 2. The topological polar surface area (TPSA) is 32.7 Å². The van der Waals surface area contributed by atoms with Crippen LogP contribution in [0.3, 0.4) is 0 Å². The fourth-order valence-corrected chi connectivity index (χ4v) is 3.62. The first kappa shape index (κ1) is 16.6. The van der Waals surface area contributed by atoms with E-state index in [1.807, 2.05) is 43.3 Å². The molecule has 1 unspecified atom stereocenters. The molecular weight excluding hydrogens is 298 g/mol. The summed E-state index contributed by atoms with van der Waals surface area (Å²) < 4.78 is 5.62. The lowest BCUT2D eigenvalue weighted by Gasteiger charge is -2.31. The lowest BCUT2D eigenvalue weighted by molar-refractivity contribution is 0.102. The number of anilines is 1. The van der Waals surface area contributed by atoms with Gasteiger partial charge in [-0.25, -0.2) is 0 Å². The lowest BCUT2D eigenvalue weighted by atomic mass is 9.84. The molecule has 0 saturated heterocycles. The predicted molar refractivity (Wildman–Crippen MR) is 101 cm³/mol. The van der Waals surface area contributed by atoms with Crippen molar-refractivity contribution < 1.29 is 9.84 Å². The maximum atomic E-state index is 11.4. The van der Waals surface area contributed by atoms with E-state index in [2.05, 4.69) is 30.9 Å². The van der Waals surface area contributed by atoms with Gasteiger partial charge in [-0.3, -0.25) is 0 Å².